The van der Waals surface area contributed by atoms with Crippen molar-refractivity contribution in [2.24, 2.45) is 0 Å². The molecule has 3 nitrogen and oxygen atoms in total. The molecular weight excluding hydrogens is 276 g/mol. The Kier molecular flexibility index (Phi) is 3.58. The lowest BCUT2D eigenvalue weighted by Gasteiger charge is -2.22. The van der Waals surface area contributed by atoms with E-state index in [1.165, 1.54) is 23.3 Å². The van der Waals surface area contributed by atoms with Crippen molar-refractivity contribution in [1.29, 1.82) is 0 Å². The molecule has 1 atom stereocenters. The molecule has 102 valence electrons. The predicted octanol–water partition coefficient (Wildman–Crippen LogP) is 4.00. The van der Waals surface area contributed by atoms with Gasteiger partial charge >= 0.3 is 0 Å². The van der Waals surface area contributed by atoms with Gasteiger partial charge in [0.2, 0.25) is 0 Å². The Morgan fingerprint density at radius 3 is 3.11 bits per heavy atom. The van der Waals surface area contributed by atoms with E-state index in [0.29, 0.717) is 4.75 Å². The van der Waals surface area contributed by atoms with Crippen LogP contribution in [0.4, 0.5) is 5.13 Å². The lowest BCUT2D eigenvalue weighted by molar-refractivity contribution is 0.415. The zero-order chi connectivity index (χ0) is 13.3. The molecule has 1 aromatic carbocycles. The smallest absolute Gasteiger partial charge is 0.183 e. The first-order chi connectivity index (χ1) is 9.18. The average Bonchev–Trinajstić information content (AvgIpc) is 3.02. The molecule has 3 rings (SSSR count). The summed E-state index contributed by atoms with van der Waals surface area (Å²) in [4.78, 5) is 4.62. The molecule has 19 heavy (non-hydrogen) atoms. The summed E-state index contributed by atoms with van der Waals surface area (Å²) in [6.07, 6.45) is 2.63. The minimum atomic E-state index is 0.371. The van der Waals surface area contributed by atoms with Crippen molar-refractivity contribution < 1.29 is 4.74 Å². The molecule has 1 fully saturated rings. The topological polar surface area (TPSA) is 34.1 Å². The summed E-state index contributed by atoms with van der Waals surface area (Å²) in [5.74, 6) is 2.18. The molecule has 2 heterocycles. The lowest BCUT2D eigenvalue weighted by Crippen LogP contribution is -2.26. The zero-order valence-electron chi connectivity index (χ0n) is 11.2. The monoisotopic (exact) mass is 294 g/mol. The number of methoxy groups -OCH3 is 1. The van der Waals surface area contributed by atoms with E-state index in [1.54, 1.807) is 18.4 Å². The summed E-state index contributed by atoms with van der Waals surface area (Å²) < 4.78 is 6.79. The Morgan fingerprint density at radius 2 is 2.37 bits per heavy atom. The summed E-state index contributed by atoms with van der Waals surface area (Å²) in [6.45, 7) is 3.34. The van der Waals surface area contributed by atoms with Crippen LogP contribution in [-0.2, 0) is 0 Å². The normalized spacial score (nSPS) is 22.8. The quantitative estimate of drug-likeness (QED) is 0.924. The van der Waals surface area contributed by atoms with Gasteiger partial charge in [-0.15, -0.1) is 0 Å². The van der Waals surface area contributed by atoms with Crippen LogP contribution in [0, 0.1) is 0 Å². The van der Waals surface area contributed by atoms with Crippen molar-refractivity contribution in [3.05, 3.63) is 18.2 Å². The highest BCUT2D eigenvalue weighted by Crippen LogP contribution is 2.38. The van der Waals surface area contributed by atoms with Crippen LogP contribution in [0.15, 0.2) is 18.2 Å². The Hall–Kier alpha value is -0.940. The first-order valence-corrected chi connectivity index (χ1v) is 8.31. The predicted molar refractivity (Wildman–Crippen MR) is 84.8 cm³/mol. The van der Waals surface area contributed by atoms with Crippen molar-refractivity contribution in [1.82, 2.24) is 4.98 Å². The third kappa shape index (κ3) is 2.82. The Labute approximate surface area is 121 Å². The van der Waals surface area contributed by atoms with Crippen LogP contribution in [0.3, 0.4) is 0 Å². The second-order valence-electron chi connectivity index (χ2n) is 5.11. The van der Waals surface area contributed by atoms with Gasteiger partial charge in [-0.25, -0.2) is 4.98 Å². The fraction of sp³-hybridized carbons (Fsp3) is 0.500. The number of thiazole rings is 1. The van der Waals surface area contributed by atoms with Crippen LogP contribution in [0.25, 0.3) is 10.2 Å². The number of hydrogen-bond acceptors (Lipinski definition) is 5. The summed E-state index contributed by atoms with van der Waals surface area (Å²) in [5, 5.41) is 4.51. The number of ether oxygens (including phenoxy) is 1. The van der Waals surface area contributed by atoms with E-state index in [1.807, 2.05) is 18.2 Å². The van der Waals surface area contributed by atoms with Gasteiger partial charge in [0.1, 0.15) is 5.75 Å². The van der Waals surface area contributed by atoms with E-state index in [0.717, 1.165) is 22.9 Å². The van der Waals surface area contributed by atoms with Crippen molar-refractivity contribution in [2.45, 2.75) is 24.5 Å². The number of rotatable bonds is 4. The highest BCUT2D eigenvalue weighted by Gasteiger charge is 2.29. The van der Waals surface area contributed by atoms with Gasteiger partial charge in [0.25, 0.3) is 0 Å². The molecule has 0 saturated carbocycles. The van der Waals surface area contributed by atoms with Crippen LogP contribution in [-0.4, -0.2) is 29.1 Å². The molecule has 0 bridgehead atoms. The average molecular weight is 294 g/mol. The van der Waals surface area contributed by atoms with Crippen molar-refractivity contribution in [3.63, 3.8) is 0 Å². The Bertz CT molecular complexity index is 576. The third-order valence-corrected chi connectivity index (χ3v) is 6.02. The number of aromatic nitrogens is 1. The van der Waals surface area contributed by atoms with E-state index in [9.17, 15) is 0 Å². The Balaban J connectivity index is 1.74. The number of nitrogens with one attached hydrogen (secondary N) is 1. The first kappa shape index (κ1) is 13.1. The molecule has 1 aliphatic rings. The fourth-order valence-corrected chi connectivity index (χ4v) is 4.48. The van der Waals surface area contributed by atoms with Gasteiger partial charge in [-0.1, -0.05) is 11.3 Å². The van der Waals surface area contributed by atoms with Gasteiger partial charge in [-0.3, -0.25) is 0 Å². The SMILES string of the molecule is COc1ccc2nc(NCC3(C)CCCS3)sc2c1. The van der Waals surface area contributed by atoms with Crippen molar-refractivity contribution >= 4 is 38.4 Å². The maximum Gasteiger partial charge on any atom is 0.183 e. The van der Waals surface area contributed by atoms with E-state index in [-0.39, 0.29) is 0 Å². The fourth-order valence-electron chi connectivity index (χ4n) is 2.35. The van der Waals surface area contributed by atoms with Crippen molar-refractivity contribution in [3.8, 4) is 5.75 Å². The van der Waals surface area contributed by atoms with E-state index >= 15 is 0 Å². The minimum absolute atomic E-state index is 0.371. The zero-order valence-corrected chi connectivity index (χ0v) is 12.9. The molecule has 0 radical (unpaired) electrons. The molecule has 1 aliphatic heterocycles. The maximum atomic E-state index is 5.24. The van der Waals surface area contributed by atoms with Gasteiger partial charge in [0.15, 0.2) is 5.13 Å². The van der Waals surface area contributed by atoms with Crippen molar-refractivity contribution in [2.75, 3.05) is 24.7 Å². The van der Waals surface area contributed by atoms with Gasteiger partial charge in [0, 0.05) is 11.3 Å². The summed E-state index contributed by atoms with van der Waals surface area (Å²) >= 11 is 3.77. The molecular formula is C14H18N2OS2. The van der Waals surface area contributed by atoms with Crippen LogP contribution < -0.4 is 10.1 Å². The second-order valence-corrected chi connectivity index (χ2v) is 7.82. The number of thioether (sulfide) groups is 1. The Morgan fingerprint density at radius 1 is 1.47 bits per heavy atom. The van der Waals surface area contributed by atoms with Crippen LogP contribution >= 0.6 is 23.1 Å². The first-order valence-electron chi connectivity index (χ1n) is 6.51. The molecule has 0 aliphatic carbocycles. The standard InChI is InChI=1S/C14H18N2OS2/c1-14(6-3-7-18-14)9-15-13-16-11-5-4-10(17-2)8-12(11)19-13/h4-5,8H,3,6-7,9H2,1-2H3,(H,15,16). The molecule has 0 amide bonds. The molecule has 0 spiro atoms. The molecule has 1 unspecified atom stereocenters. The number of anilines is 1. The summed E-state index contributed by atoms with van der Waals surface area (Å²) in [7, 11) is 1.69. The maximum absolute atomic E-state index is 5.24. The number of hydrogen-bond donors (Lipinski definition) is 1. The highest BCUT2D eigenvalue weighted by atomic mass is 32.2. The van der Waals surface area contributed by atoms with Crippen LogP contribution in [0.1, 0.15) is 19.8 Å². The van der Waals surface area contributed by atoms with Gasteiger partial charge in [0.05, 0.1) is 17.3 Å². The van der Waals surface area contributed by atoms with Gasteiger partial charge < -0.3 is 10.1 Å². The number of benzene rings is 1. The molecule has 1 saturated heterocycles. The molecule has 2 aromatic rings. The lowest BCUT2D eigenvalue weighted by atomic mass is 10.1. The van der Waals surface area contributed by atoms with Gasteiger partial charge in [-0.2, -0.15) is 11.8 Å². The molecule has 5 heteroatoms. The van der Waals surface area contributed by atoms with Crippen LogP contribution in [0.2, 0.25) is 0 Å². The third-order valence-electron chi connectivity index (χ3n) is 3.51. The summed E-state index contributed by atoms with van der Waals surface area (Å²) in [6, 6.07) is 6.02. The molecule has 1 aromatic heterocycles. The largest absolute Gasteiger partial charge is 0.497 e. The highest BCUT2D eigenvalue weighted by molar-refractivity contribution is 8.00. The minimum Gasteiger partial charge on any atom is -0.497 e. The van der Waals surface area contributed by atoms with E-state index < -0.39 is 0 Å². The number of nitrogens with zero attached hydrogens (tertiary/aromatic N) is 1. The van der Waals surface area contributed by atoms with Crippen LogP contribution in [0.5, 0.6) is 5.75 Å². The second kappa shape index (κ2) is 5.21. The molecule has 1 N–H and O–H groups in total. The van der Waals surface area contributed by atoms with E-state index in [4.69, 9.17) is 4.74 Å². The number of fused-ring (bicyclic) bond motifs is 1. The summed E-state index contributed by atoms with van der Waals surface area (Å²) in [5.41, 5.74) is 1.04. The van der Waals surface area contributed by atoms with E-state index in [2.05, 4.69) is 29.0 Å². The van der Waals surface area contributed by atoms with Gasteiger partial charge in [-0.05, 0) is 43.7 Å².